The summed E-state index contributed by atoms with van der Waals surface area (Å²) >= 11 is 4.50. The lowest BCUT2D eigenvalue weighted by molar-refractivity contribution is 0.299. The second-order valence-electron chi connectivity index (χ2n) is 4.75. The Morgan fingerprint density at radius 1 is 1.35 bits per heavy atom. The zero-order valence-electron chi connectivity index (χ0n) is 11.9. The minimum atomic E-state index is 0.653. The molecule has 0 saturated carbocycles. The summed E-state index contributed by atoms with van der Waals surface area (Å²) in [5.74, 6) is 0.653. The molecule has 5 heteroatoms. The van der Waals surface area contributed by atoms with Gasteiger partial charge in [0.1, 0.15) is 5.76 Å². The first-order valence-corrected chi connectivity index (χ1v) is 6.75. The van der Waals surface area contributed by atoms with E-state index in [1.807, 2.05) is 49.3 Å². The van der Waals surface area contributed by atoms with Gasteiger partial charge in [0.25, 0.3) is 0 Å². The number of nitrogens with two attached hydrogens (primary N) is 1. The average molecular weight is 289 g/mol. The molecule has 0 amide bonds. The lowest BCUT2D eigenvalue weighted by Crippen LogP contribution is -2.11. The average Bonchev–Trinajstić information content (AvgIpc) is 2.42. The first kappa shape index (κ1) is 14.5. The second-order valence-corrected chi connectivity index (χ2v) is 5.23. The molecule has 0 atom stereocenters. The molecule has 1 aliphatic rings. The predicted molar refractivity (Wildman–Crippen MR) is 87.1 cm³/mol. The summed E-state index contributed by atoms with van der Waals surface area (Å²) in [7, 11) is 5.60. The number of allylic oxidation sites excluding steroid dienone is 2. The minimum absolute atomic E-state index is 0.653. The fraction of sp³-hybridized carbons (Fsp3) is 0.267. The molecule has 0 aliphatic heterocycles. The Hall–Kier alpha value is -1.88. The number of anilines is 1. The fourth-order valence-electron chi connectivity index (χ4n) is 1.90. The van der Waals surface area contributed by atoms with Crippen molar-refractivity contribution in [2.75, 3.05) is 26.1 Å². The molecule has 0 spiro atoms. The van der Waals surface area contributed by atoms with Gasteiger partial charge >= 0.3 is 0 Å². The van der Waals surface area contributed by atoms with Crippen LogP contribution >= 0.6 is 12.6 Å². The number of benzene rings is 1. The molecule has 0 fully saturated rings. The quantitative estimate of drug-likeness (QED) is 0.841. The molecule has 0 saturated heterocycles. The number of nitrogens with zero attached hydrogens (tertiary/aromatic N) is 2. The third-order valence-electron chi connectivity index (χ3n) is 3.07. The van der Waals surface area contributed by atoms with E-state index in [4.69, 9.17) is 10.5 Å². The summed E-state index contributed by atoms with van der Waals surface area (Å²) in [6, 6.07) is 5.98. The van der Waals surface area contributed by atoms with Crippen LogP contribution in [0.5, 0.6) is 0 Å². The smallest absolute Gasteiger partial charge is 0.143 e. The van der Waals surface area contributed by atoms with E-state index in [0.717, 1.165) is 22.0 Å². The first-order valence-electron chi connectivity index (χ1n) is 6.31. The SMILES string of the molecule is COC1=CC(=Nc2ccc(N(C)C)cc2S)CC=C1N. The summed E-state index contributed by atoms with van der Waals surface area (Å²) in [5.41, 5.74) is 9.32. The van der Waals surface area contributed by atoms with Crippen LogP contribution in [0, 0.1) is 0 Å². The van der Waals surface area contributed by atoms with Crippen LogP contribution < -0.4 is 10.6 Å². The zero-order chi connectivity index (χ0) is 14.7. The number of hydrogen-bond acceptors (Lipinski definition) is 5. The van der Waals surface area contributed by atoms with Crippen LogP contribution in [0.2, 0.25) is 0 Å². The van der Waals surface area contributed by atoms with Gasteiger partial charge < -0.3 is 15.4 Å². The van der Waals surface area contributed by atoms with Crippen molar-refractivity contribution in [2.45, 2.75) is 11.3 Å². The van der Waals surface area contributed by atoms with Gasteiger partial charge in [0.2, 0.25) is 0 Å². The van der Waals surface area contributed by atoms with Gasteiger partial charge in [-0.1, -0.05) is 6.08 Å². The van der Waals surface area contributed by atoms with Crippen LogP contribution in [0.1, 0.15) is 6.42 Å². The Morgan fingerprint density at radius 2 is 2.10 bits per heavy atom. The normalized spacial score (nSPS) is 16.7. The van der Waals surface area contributed by atoms with Gasteiger partial charge in [0, 0.05) is 42.9 Å². The van der Waals surface area contributed by atoms with Crippen LogP contribution in [-0.4, -0.2) is 26.9 Å². The van der Waals surface area contributed by atoms with E-state index in [2.05, 4.69) is 17.6 Å². The molecule has 0 bridgehead atoms. The summed E-state index contributed by atoms with van der Waals surface area (Å²) < 4.78 is 5.21. The third-order valence-corrected chi connectivity index (χ3v) is 3.43. The zero-order valence-corrected chi connectivity index (χ0v) is 12.8. The molecule has 0 aromatic heterocycles. The van der Waals surface area contributed by atoms with E-state index in [-0.39, 0.29) is 0 Å². The lowest BCUT2D eigenvalue weighted by atomic mass is 10.1. The highest BCUT2D eigenvalue weighted by atomic mass is 32.1. The number of thiol groups is 1. The Balaban J connectivity index is 2.30. The van der Waals surface area contributed by atoms with Gasteiger partial charge in [-0.25, -0.2) is 0 Å². The molecule has 106 valence electrons. The number of rotatable bonds is 3. The highest BCUT2D eigenvalue weighted by molar-refractivity contribution is 7.80. The fourth-order valence-corrected chi connectivity index (χ4v) is 2.16. The van der Waals surface area contributed by atoms with Crippen LogP contribution in [0.25, 0.3) is 0 Å². The van der Waals surface area contributed by atoms with E-state index in [1.165, 1.54) is 0 Å². The van der Waals surface area contributed by atoms with Crippen molar-refractivity contribution in [3.8, 4) is 0 Å². The standard InChI is InChI=1S/C15H19N3OS/c1-18(2)11-5-7-13(15(20)9-11)17-10-4-6-12(16)14(8-10)19-3/h5-9,20H,4,16H2,1-3H3. The number of methoxy groups -OCH3 is 1. The number of aliphatic imine (C=N–C) groups is 1. The molecule has 2 N–H and O–H groups in total. The van der Waals surface area contributed by atoms with Crippen molar-refractivity contribution in [3.63, 3.8) is 0 Å². The van der Waals surface area contributed by atoms with Crippen LogP contribution in [0.15, 0.2) is 51.7 Å². The Kier molecular flexibility index (Phi) is 4.39. The van der Waals surface area contributed by atoms with Gasteiger partial charge in [-0.05, 0) is 18.2 Å². The van der Waals surface area contributed by atoms with Gasteiger partial charge in [-0.3, -0.25) is 4.99 Å². The molecule has 0 radical (unpaired) electrons. The van der Waals surface area contributed by atoms with Crippen molar-refractivity contribution in [2.24, 2.45) is 10.7 Å². The minimum Gasteiger partial charge on any atom is -0.495 e. The molecular weight excluding hydrogens is 270 g/mol. The third kappa shape index (κ3) is 3.17. The van der Waals surface area contributed by atoms with Crippen molar-refractivity contribution >= 4 is 29.7 Å². The molecule has 0 unspecified atom stereocenters. The van der Waals surface area contributed by atoms with Crippen molar-refractivity contribution in [1.29, 1.82) is 0 Å². The second kappa shape index (κ2) is 6.05. The molecule has 0 heterocycles. The molecular formula is C15H19N3OS. The van der Waals surface area contributed by atoms with Gasteiger partial charge in [0.05, 0.1) is 18.5 Å². The van der Waals surface area contributed by atoms with Crippen molar-refractivity contribution < 1.29 is 4.74 Å². The van der Waals surface area contributed by atoms with Gasteiger partial charge in [-0.15, -0.1) is 12.6 Å². The summed E-state index contributed by atoms with van der Waals surface area (Å²) in [4.78, 5) is 7.49. The number of ether oxygens (including phenoxy) is 1. The molecule has 1 aromatic rings. The van der Waals surface area contributed by atoms with Crippen molar-refractivity contribution in [3.05, 3.63) is 41.8 Å². The van der Waals surface area contributed by atoms with E-state index >= 15 is 0 Å². The lowest BCUT2D eigenvalue weighted by Gasteiger charge is -2.15. The topological polar surface area (TPSA) is 50.8 Å². The predicted octanol–water partition coefficient (Wildman–Crippen LogP) is 2.89. The number of hydrogen-bond donors (Lipinski definition) is 2. The summed E-state index contributed by atoms with van der Waals surface area (Å²) in [5, 5.41) is 0. The van der Waals surface area contributed by atoms with Crippen LogP contribution in [0.3, 0.4) is 0 Å². The van der Waals surface area contributed by atoms with E-state index < -0.39 is 0 Å². The van der Waals surface area contributed by atoms with E-state index in [1.54, 1.807) is 7.11 Å². The molecule has 20 heavy (non-hydrogen) atoms. The summed E-state index contributed by atoms with van der Waals surface area (Å²) in [6.07, 6.45) is 4.47. The maximum absolute atomic E-state index is 5.82. The van der Waals surface area contributed by atoms with E-state index in [0.29, 0.717) is 17.9 Å². The van der Waals surface area contributed by atoms with Crippen molar-refractivity contribution in [1.82, 2.24) is 0 Å². The maximum atomic E-state index is 5.82. The summed E-state index contributed by atoms with van der Waals surface area (Å²) in [6.45, 7) is 0. The first-order chi connectivity index (χ1) is 9.51. The Bertz CT molecular complexity index is 603. The van der Waals surface area contributed by atoms with Crippen LogP contribution in [0.4, 0.5) is 11.4 Å². The molecule has 1 aromatic carbocycles. The van der Waals surface area contributed by atoms with E-state index in [9.17, 15) is 0 Å². The molecule has 1 aliphatic carbocycles. The largest absolute Gasteiger partial charge is 0.495 e. The maximum Gasteiger partial charge on any atom is 0.143 e. The van der Waals surface area contributed by atoms with Gasteiger partial charge in [0.15, 0.2) is 0 Å². The highest BCUT2D eigenvalue weighted by Crippen LogP contribution is 2.28. The Morgan fingerprint density at radius 3 is 2.70 bits per heavy atom. The monoisotopic (exact) mass is 289 g/mol. The molecule has 4 nitrogen and oxygen atoms in total. The highest BCUT2D eigenvalue weighted by Gasteiger charge is 2.10. The Labute approximate surface area is 125 Å². The molecule has 2 rings (SSSR count). The van der Waals surface area contributed by atoms with Gasteiger partial charge in [-0.2, -0.15) is 0 Å². The van der Waals surface area contributed by atoms with Crippen LogP contribution in [-0.2, 0) is 4.74 Å².